The lowest BCUT2D eigenvalue weighted by Crippen LogP contribution is -2.56. The number of hydrogen-bond donors (Lipinski definition) is 0. The SMILES string of the molecule is CC12CC(=O)C3C(CCC(=O)C3(C)CCC(=O)OCc3ccccc3Br)C1CCC2=O. The van der Waals surface area contributed by atoms with Crippen LogP contribution in [-0.4, -0.2) is 23.3 Å². The average molecular weight is 489 g/mol. The van der Waals surface area contributed by atoms with Gasteiger partial charge >= 0.3 is 5.97 Å². The van der Waals surface area contributed by atoms with Crippen molar-refractivity contribution in [2.45, 2.75) is 65.4 Å². The fraction of sp³-hybridized carbons (Fsp3) is 0.600. The molecule has 0 bridgehead atoms. The Bertz CT molecular complexity index is 940. The third-order valence-electron chi connectivity index (χ3n) is 8.19. The minimum Gasteiger partial charge on any atom is -0.461 e. The van der Waals surface area contributed by atoms with E-state index in [2.05, 4.69) is 15.9 Å². The van der Waals surface area contributed by atoms with Crippen molar-refractivity contribution in [2.24, 2.45) is 28.6 Å². The Morgan fingerprint density at radius 2 is 1.81 bits per heavy atom. The number of rotatable bonds is 5. The van der Waals surface area contributed by atoms with E-state index in [1.165, 1.54) is 0 Å². The molecule has 0 heterocycles. The number of Topliss-reactive ketones (excluding diaryl/α,β-unsaturated/α-hetero) is 3. The molecule has 31 heavy (non-hydrogen) atoms. The molecule has 5 unspecified atom stereocenters. The van der Waals surface area contributed by atoms with Crippen molar-refractivity contribution >= 4 is 39.2 Å². The van der Waals surface area contributed by atoms with E-state index in [1.54, 1.807) is 0 Å². The van der Waals surface area contributed by atoms with Crippen LogP contribution in [0.5, 0.6) is 0 Å². The lowest BCUT2D eigenvalue weighted by molar-refractivity contribution is -0.161. The normalized spacial score (nSPS) is 34.9. The predicted molar refractivity (Wildman–Crippen MR) is 118 cm³/mol. The minimum atomic E-state index is -0.862. The summed E-state index contributed by atoms with van der Waals surface area (Å²) >= 11 is 3.44. The van der Waals surface area contributed by atoms with E-state index in [0.717, 1.165) is 16.5 Å². The van der Waals surface area contributed by atoms with Crippen LogP contribution in [0.3, 0.4) is 0 Å². The first-order valence-electron chi connectivity index (χ1n) is 11.1. The van der Waals surface area contributed by atoms with Gasteiger partial charge in [-0.1, -0.05) is 48.0 Å². The van der Waals surface area contributed by atoms with E-state index in [0.29, 0.717) is 25.7 Å². The maximum atomic E-state index is 13.3. The number of benzene rings is 1. The zero-order valence-corrected chi connectivity index (χ0v) is 19.7. The van der Waals surface area contributed by atoms with Crippen molar-refractivity contribution in [3.05, 3.63) is 34.3 Å². The number of hydrogen-bond acceptors (Lipinski definition) is 5. The van der Waals surface area contributed by atoms with Gasteiger partial charge in [-0.05, 0) is 37.2 Å². The minimum absolute atomic E-state index is 0.0242. The van der Waals surface area contributed by atoms with Crippen molar-refractivity contribution in [2.75, 3.05) is 0 Å². The number of fused-ring (bicyclic) bond motifs is 3. The molecule has 1 aromatic rings. The van der Waals surface area contributed by atoms with E-state index in [4.69, 9.17) is 4.74 Å². The molecule has 5 nitrogen and oxygen atoms in total. The summed E-state index contributed by atoms with van der Waals surface area (Å²) in [6, 6.07) is 7.55. The highest BCUT2D eigenvalue weighted by atomic mass is 79.9. The highest BCUT2D eigenvalue weighted by Gasteiger charge is 2.62. The molecule has 5 atom stereocenters. The number of carbonyl (C=O) groups excluding carboxylic acids is 4. The fourth-order valence-corrected chi connectivity index (χ4v) is 6.81. The van der Waals surface area contributed by atoms with Crippen molar-refractivity contribution in [1.82, 2.24) is 0 Å². The van der Waals surface area contributed by atoms with E-state index in [1.807, 2.05) is 38.1 Å². The summed E-state index contributed by atoms with van der Waals surface area (Å²) in [5, 5.41) is 0. The van der Waals surface area contributed by atoms with Gasteiger partial charge in [0.15, 0.2) is 0 Å². The van der Waals surface area contributed by atoms with E-state index in [9.17, 15) is 19.2 Å². The number of ketones is 3. The first-order chi connectivity index (χ1) is 14.7. The molecule has 0 N–H and O–H groups in total. The van der Waals surface area contributed by atoms with E-state index < -0.39 is 16.7 Å². The molecule has 0 aromatic heterocycles. The van der Waals surface area contributed by atoms with Crippen molar-refractivity contribution < 1.29 is 23.9 Å². The molecule has 3 aliphatic carbocycles. The molecule has 0 radical (unpaired) electrons. The van der Waals surface area contributed by atoms with Gasteiger partial charge in [0.05, 0.1) is 0 Å². The molecule has 0 aliphatic heterocycles. The van der Waals surface area contributed by atoms with Gasteiger partial charge < -0.3 is 4.74 Å². The molecular formula is C25H29BrO5. The summed E-state index contributed by atoms with van der Waals surface area (Å²) in [5.41, 5.74) is -0.551. The number of ether oxygens (including phenoxy) is 1. The van der Waals surface area contributed by atoms with Crippen molar-refractivity contribution in [1.29, 1.82) is 0 Å². The van der Waals surface area contributed by atoms with Crippen LogP contribution in [0, 0.1) is 28.6 Å². The standard InChI is InChI=1S/C25H29BrO5/c1-24(12-11-22(30)31-14-15-5-3-4-6-18(15)26)20(28)9-7-16-17-8-10-21(29)25(17,2)13-19(27)23(16)24/h3-6,16-17,23H,7-14H2,1-2H3. The van der Waals surface area contributed by atoms with Crippen LogP contribution in [-0.2, 0) is 30.5 Å². The lowest BCUT2D eigenvalue weighted by atomic mass is 9.48. The lowest BCUT2D eigenvalue weighted by Gasteiger charge is -2.52. The van der Waals surface area contributed by atoms with Gasteiger partial charge in [-0.3, -0.25) is 19.2 Å². The third kappa shape index (κ3) is 3.81. The molecule has 3 fully saturated rings. The third-order valence-corrected chi connectivity index (χ3v) is 8.97. The molecule has 3 saturated carbocycles. The monoisotopic (exact) mass is 488 g/mol. The van der Waals surface area contributed by atoms with Crippen LogP contribution in [0.4, 0.5) is 0 Å². The molecule has 0 amide bonds. The first-order valence-corrected chi connectivity index (χ1v) is 11.9. The average Bonchev–Trinajstić information content (AvgIpc) is 3.02. The molecule has 166 valence electrons. The van der Waals surface area contributed by atoms with Gasteiger partial charge in [0.1, 0.15) is 24.0 Å². The summed E-state index contributed by atoms with van der Waals surface area (Å²) < 4.78 is 6.31. The second kappa shape index (κ2) is 8.27. The van der Waals surface area contributed by atoms with Gasteiger partial charge in [0.25, 0.3) is 0 Å². The first kappa shape index (κ1) is 22.4. The molecule has 4 rings (SSSR count). The van der Waals surface area contributed by atoms with Crippen LogP contribution in [0.25, 0.3) is 0 Å². The van der Waals surface area contributed by atoms with Gasteiger partial charge in [-0.2, -0.15) is 0 Å². The van der Waals surface area contributed by atoms with Crippen LogP contribution in [0.1, 0.15) is 64.4 Å². The van der Waals surface area contributed by atoms with Crippen LogP contribution in [0.2, 0.25) is 0 Å². The van der Waals surface area contributed by atoms with Gasteiger partial charge in [-0.15, -0.1) is 0 Å². The summed E-state index contributed by atoms with van der Waals surface area (Å²) in [6.45, 7) is 3.96. The Morgan fingerprint density at radius 1 is 1.10 bits per heavy atom. The predicted octanol–water partition coefficient (Wildman–Crippen LogP) is 4.83. The Kier molecular flexibility index (Phi) is 5.97. The molecule has 0 spiro atoms. The number of carbonyl (C=O) groups is 4. The van der Waals surface area contributed by atoms with Gasteiger partial charge in [0, 0.05) is 52.5 Å². The highest BCUT2D eigenvalue weighted by molar-refractivity contribution is 9.10. The Hall–Kier alpha value is -1.82. The smallest absolute Gasteiger partial charge is 0.306 e. The summed E-state index contributed by atoms with van der Waals surface area (Å²) in [4.78, 5) is 51.2. The molecule has 6 heteroatoms. The second-order valence-electron chi connectivity index (χ2n) is 9.90. The maximum Gasteiger partial charge on any atom is 0.306 e. The zero-order chi connectivity index (χ0) is 22.4. The fourth-order valence-electron chi connectivity index (χ4n) is 6.41. The second-order valence-corrected chi connectivity index (χ2v) is 10.8. The van der Waals surface area contributed by atoms with Gasteiger partial charge in [0.2, 0.25) is 0 Å². The molecule has 1 aromatic carbocycles. The molecule has 0 saturated heterocycles. The zero-order valence-electron chi connectivity index (χ0n) is 18.1. The van der Waals surface area contributed by atoms with Crippen LogP contribution < -0.4 is 0 Å². The van der Waals surface area contributed by atoms with Crippen molar-refractivity contribution in [3.8, 4) is 0 Å². The van der Waals surface area contributed by atoms with Crippen LogP contribution in [0.15, 0.2) is 28.7 Å². The molecule has 3 aliphatic rings. The highest BCUT2D eigenvalue weighted by Crippen LogP contribution is 2.60. The summed E-state index contributed by atoms with van der Waals surface area (Å²) in [6.07, 6.45) is 3.07. The number of esters is 1. The van der Waals surface area contributed by atoms with Crippen molar-refractivity contribution in [3.63, 3.8) is 0 Å². The quantitative estimate of drug-likeness (QED) is 0.554. The topological polar surface area (TPSA) is 77.5 Å². The Labute approximate surface area is 191 Å². The van der Waals surface area contributed by atoms with E-state index >= 15 is 0 Å². The largest absolute Gasteiger partial charge is 0.461 e. The van der Waals surface area contributed by atoms with E-state index in [-0.39, 0.29) is 54.6 Å². The van der Waals surface area contributed by atoms with Crippen LogP contribution >= 0.6 is 15.9 Å². The number of halogens is 1. The Balaban J connectivity index is 1.46. The van der Waals surface area contributed by atoms with Gasteiger partial charge in [-0.25, -0.2) is 0 Å². The summed E-state index contributed by atoms with van der Waals surface area (Å²) in [7, 11) is 0. The molecular weight excluding hydrogens is 460 g/mol. The maximum absolute atomic E-state index is 13.3. The summed E-state index contributed by atoms with van der Waals surface area (Å²) in [5.74, 6) is -0.262. The Morgan fingerprint density at radius 3 is 2.55 bits per heavy atom.